The minimum Gasteiger partial charge on any atom is -0.324 e. The lowest BCUT2D eigenvalue weighted by molar-refractivity contribution is 0.310. The van der Waals surface area contributed by atoms with Crippen LogP contribution in [-0.4, -0.2) is 38.7 Å². The fraction of sp³-hybridized carbons (Fsp3) is 0.278. The van der Waals surface area contributed by atoms with Crippen molar-refractivity contribution in [2.24, 2.45) is 0 Å². The molecule has 7 heteroatoms. The Bertz CT molecular complexity index is 872. The Hall–Kier alpha value is -2.93. The van der Waals surface area contributed by atoms with Gasteiger partial charge in [0.25, 0.3) is 0 Å². The zero-order valence-electron chi connectivity index (χ0n) is 14.4. The van der Waals surface area contributed by atoms with E-state index in [1.165, 1.54) is 0 Å². The second-order valence-electron chi connectivity index (χ2n) is 6.36. The Morgan fingerprint density at radius 1 is 1.12 bits per heavy atom. The van der Waals surface area contributed by atoms with E-state index in [0.717, 1.165) is 53.8 Å². The highest BCUT2D eigenvalue weighted by Gasteiger charge is 2.21. The molecule has 0 bridgehead atoms. The standard InChI is InChI=1S/C18H21N7/c1-12-10-16(24-23-12)21-17-14-11-25(2)9-8-15(14)20-18(22-17)19-13-6-4-3-5-7-13/h3-7,10H,8-9,11H2,1-2H3,(H3,19,20,21,22,23,24). The summed E-state index contributed by atoms with van der Waals surface area (Å²) in [6, 6.07) is 11.9. The highest BCUT2D eigenvalue weighted by molar-refractivity contribution is 5.62. The molecule has 3 N–H and O–H groups in total. The van der Waals surface area contributed by atoms with Crippen LogP contribution in [0.1, 0.15) is 17.0 Å². The van der Waals surface area contributed by atoms with Crippen molar-refractivity contribution in [2.45, 2.75) is 19.9 Å². The largest absolute Gasteiger partial charge is 0.324 e. The maximum atomic E-state index is 4.73. The predicted molar refractivity (Wildman–Crippen MR) is 98.4 cm³/mol. The molecule has 2 aromatic heterocycles. The van der Waals surface area contributed by atoms with Gasteiger partial charge in [-0.3, -0.25) is 5.10 Å². The van der Waals surface area contributed by atoms with E-state index in [2.05, 4.69) is 32.8 Å². The number of hydrogen-bond donors (Lipinski definition) is 3. The first kappa shape index (κ1) is 15.6. The lowest BCUT2D eigenvalue weighted by Crippen LogP contribution is -2.28. The molecule has 0 aliphatic carbocycles. The number of rotatable bonds is 4. The first-order chi connectivity index (χ1) is 12.2. The smallest absolute Gasteiger partial charge is 0.229 e. The van der Waals surface area contributed by atoms with Gasteiger partial charge in [0.2, 0.25) is 5.95 Å². The topological polar surface area (TPSA) is 81.8 Å². The molecule has 0 unspecified atom stereocenters. The van der Waals surface area contributed by atoms with Crippen molar-refractivity contribution in [1.82, 2.24) is 25.1 Å². The van der Waals surface area contributed by atoms with Crippen LogP contribution in [0.4, 0.5) is 23.3 Å². The van der Waals surface area contributed by atoms with Gasteiger partial charge in [0.05, 0.1) is 5.69 Å². The van der Waals surface area contributed by atoms with Crippen molar-refractivity contribution >= 4 is 23.3 Å². The average Bonchev–Trinajstić information content (AvgIpc) is 3.01. The van der Waals surface area contributed by atoms with Crippen LogP contribution in [0.25, 0.3) is 0 Å². The Balaban J connectivity index is 1.70. The molecular formula is C18H21N7. The Kier molecular flexibility index (Phi) is 4.07. The molecule has 1 aromatic carbocycles. The van der Waals surface area contributed by atoms with Gasteiger partial charge in [0, 0.05) is 42.5 Å². The molecule has 0 radical (unpaired) electrons. The highest BCUT2D eigenvalue weighted by atomic mass is 15.2. The van der Waals surface area contributed by atoms with Crippen LogP contribution in [0.5, 0.6) is 0 Å². The third-order valence-electron chi connectivity index (χ3n) is 4.23. The molecule has 0 saturated carbocycles. The van der Waals surface area contributed by atoms with Gasteiger partial charge in [0.15, 0.2) is 5.82 Å². The van der Waals surface area contributed by atoms with Crippen molar-refractivity contribution in [3.8, 4) is 0 Å². The lowest BCUT2D eigenvalue weighted by Gasteiger charge is -2.26. The number of aromatic amines is 1. The van der Waals surface area contributed by atoms with Gasteiger partial charge < -0.3 is 15.5 Å². The maximum absolute atomic E-state index is 4.73. The monoisotopic (exact) mass is 335 g/mol. The van der Waals surface area contributed by atoms with E-state index in [0.29, 0.717) is 5.95 Å². The predicted octanol–water partition coefficient (Wildman–Crippen LogP) is 2.98. The molecule has 0 spiro atoms. The third-order valence-corrected chi connectivity index (χ3v) is 4.23. The van der Waals surface area contributed by atoms with E-state index < -0.39 is 0 Å². The first-order valence-electron chi connectivity index (χ1n) is 8.37. The van der Waals surface area contributed by atoms with E-state index in [1.54, 1.807) is 0 Å². The molecule has 128 valence electrons. The summed E-state index contributed by atoms with van der Waals surface area (Å²) >= 11 is 0. The third kappa shape index (κ3) is 3.46. The van der Waals surface area contributed by atoms with E-state index in [9.17, 15) is 0 Å². The minimum atomic E-state index is 0.601. The van der Waals surface area contributed by atoms with Gasteiger partial charge in [0.1, 0.15) is 5.82 Å². The molecule has 4 rings (SSSR count). The van der Waals surface area contributed by atoms with E-state index in [-0.39, 0.29) is 0 Å². The number of aryl methyl sites for hydroxylation is 1. The first-order valence-corrected chi connectivity index (χ1v) is 8.37. The van der Waals surface area contributed by atoms with Crippen LogP contribution in [0.3, 0.4) is 0 Å². The molecular weight excluding hydrogens is 314 g/mol. The molecule has 0 atom stereocenters. The molecule has 0 saturated heterocycles. The summed E-state index contributed by atoms with van der Waals surface area (Å²) in [5.41, 5.74) is 4.19. The van der Waals surface area contributed by atoms with Crippen LogP contribution in [0.2, 0.25) is 0 Å². The normalized spacial score (nSPS) is 14.2. The van der Waals surface area contributed by atoms with Crippen molar-refractivity contribution in [3.63, 3.8) is 0 Å². The number of aromatic nitrogens is 4. The van der Waals surface area contributed by atoms with Crippen molar-refractivity contribution < 1.29 is 0 Å². The lowest BCUT2D eigenvalue weighted by atomic mass is 10.1. The van der Waals surface area contributed by atoms with Crippen LogP contribution in [0, 0.1) is 6.92 Å². The van der Waals surface area contributed by atoms with Crippen LogP contribution in [-0.2, 0) is 13.0 Å². The summed E-state index contributed by atoms with van der Waals surface area (Å²) in [4.78, 5) is 11.7. The highest BCUT2D eigenvalue weighted by Crippen LogP contribution is 2.27. The number of para-hydroxylation sites is 1. The number of anilines is 4. The van der Waals surface area contributed by atoms with Gasteiger partial charge in [-0.25, -0.2) is 4.98 Å². The maximum Gasteiger partial charge on any atom is 0.229 e. The Labute approximate surface area is 146 Å². The molecule has 0 fully saturated rings. The van der Waals surface area contributed by atoms with Crippen LogP contribution in [0.15, 0.2) is 36.4 Å². The Morgan fingerprint density at radius 3 is 2.72 bits per heavy atom. The summed E-state index contributed by atoms with van der Waals surface area (Å²) in [5, 5.41) is 13.8. The number of H-pyrrole nitrogens is 1. The molecule has 25 heavy (non-hydrogen) atoms. The number of fused-ring (bicyclic) bond motifs is 1. The quantitative estimate of drug-likeness (QED) is 0.680. The number of benzene rings is 1. The van der Waals surface area contributed by atoms with Gasteiger partial charge in [-0.05, 0) is 26.1 Å². The molecule has 1 aliphatic rings. The zero-order valence-corrected chi connectivity index (χ0v) is 14.4. The van der Waals surface area contributed by atoms with Gasteiger partial charge in [-0.15, -0.1) is 0 Å². The summed E-state index contributed by atoms with van der Waals surface area (Å²) < 4.78 is 0. The fourth-order valence-corrected chi connectivity index (χ4v) is 2.96. The number of nitrogens with one attached hydrogen (secondary N) is 3. The van der Waals surface area contributed by atoms with Crippen molar-refractivity contribution in [1.29, 1.82) is 0 Å². The van der Waals surface area contributed by atoms with Gasteiger partial charge in [-0.2, -0.15) is 10.1 Å². The number of hydrogen-bond acceptors (Lipinski definition) is 6. The van der Waals surface area contributed by atoms with Crippen LogP contribution < -0.4 is 10.6 Å². The molecule has 3 aromatic rings. The second-order valence-corrected chi connectivity index (χ2v) is 6.36. The van der Waals surface area contributed by atoms with Gasteiger partial charge in [-0.1, -0.05) is 18.2 Å². The minimum absolute atomic E-state index is 0.601. The van der Waals surface area contributed by atoms with Crippen LogP contribution >= 0.6 is 0 Å². The summed E-state index contributed by atoms with van der Waals surface area (Å²) in [6.07, 6.45) is 0.909. The van der Waals surface area contributed by atoms with Crippen molar-refractivity contribution in [2.75, 3.05) is 24.2 Å². The second kappa shape index (κ2) is 6.52. The SMILES string of the molecule is Cc1cc(Nc2nc(Nc3ccccc3)nc3c2CN(C)CC3)n[nH]1. The van der Waals surface area contributed by atoms with Gasteiger partial charge >= 0.3 is 0 Å². The number of nitrogens with zero attached hydrogens (tertiary/aromatic N) is 4. The zero-order chi connectivity index (χ0) is 17.2. The number of likely N-dealkylation sites (N-methyl/N-ethyl adjacent to an activating group) is 1. The Morgan fingerprint density at radius 2 is 1.96 bits per heavy atom. The average molecular weight is 335 g/mol. The summed E-state index contributed by atoms with van der Waals surface area (Å²) in [7, 11) is 2.11. The van der Waals surface area contributed by atoms with Crippen molar-refractivity contribution in [3.05, 3.63) is 53.3 Å². The molecule has 1 aliphatic heterocycles. The summed E-state index contributed by atoms with van der Waals surface area (Å²) in [5.74, 6) is 2.17. The summed E-state index contributed by atoms with van der Waals surface area (Å²) in [6.45, 7) is 3.80. The van der Waals surface area contributed by atoms with E-state index in [4.69, 9.17) is 9.97 Å². The molecule has 3 heterocycles. The van der Waals surface area contributed by atoms with E-state index in [1.807, 2.05) is 43.3 Å². The molecule has 0 amide bonds. The van der Waals surface area contributed by atoms with E-state index >= 15 is 0 Å². The fourth-order valence-electron chi connectivity index (χ4n) is 2.96. The molecule has 7 nitrogen and oxygen atoms in total.